The zero-order chi connectivity index (χ0) is 13.4. The molecule has 3 heteroatoms. The van der Waals surface area contributed by atoms with E-state index in [0.717, 1.165) is 0 Å². The van der Waals surface area contributed by atoms with Crippen LogP contribution >= 0.6 is 19.5 Å². The number of halogens is 1. The highest BCUT2D eigenvalue weighted by molar-refractivity contribution is 7.57. The van der Waals surface area contributed by atoms with Gasteiger partial charge >= 0.3 is 0 Å². The predicted molar refractivity (Wildman–Crippen MR) is 82.6 cm³/mol. The molecule has 0 spiro atoms. The van der Waals surface area contributed by atoms with E-state index in [1.165, 1.54) is 38.5 Å². The van der Waals surface area contributed by atoms with E-state index < -0.39 is 0 Å². The lowest BCUT2D eigenvalue weighted by Crippen LogP contribution is -1.95. The van der Waals surface area contributed by atoms with Crippen LogP contribution in [0.4, 0.5) is 0 Å². The number of nitriles is 1. The molecule has 0 unspecified atom stereocenters. The van der Waals surface area contributed by atoms with E-state index >= 15 is 0 Å². The van der Waals surface area contributed by atoms with Crippen LogP contribution in [-0.4, -0.2) is 24.4 Å². The molecule has 0 aromatic heterocycles. The molecule has 0 atom stereocenters. The number of hydrogen-bond donors (Lipinski definition) is 0. The van der Waals surface area contributed by atoms with Crippen molar-refractivity contribution in [2.45, 2.75) is 59.3 Å². The summed E-state index contributed by atoms with van der Waals surface area (Å²) in [5.41, 5.74) is 0. The van der Waals surface area contributed by atoms with Crippen molar-refractivity contribution in [1.29, 1.82) is 5.26 Å². The molecule has 17 heavy (non-hydrogen) atoms. The fourth-order valence-corrected chi connectivity index (χ4v) is 4.44. The molecule has 102 valence electrons. The predicted octanol–water partition coefficient (Wildman–Crippen LogP) is 5.62. The molecule has 0 N–H and O–H groups in total. The topological polar surface area (TPSA) is 23.8 Å². The van der Waals surface area contributed by atoms with Crippen molar-refractivity contribution in [2.75, 3.05) is 24.4 Å². The minimum absolute atomic E-state index is 0.0972. The van der Waals surface area contributed by atoms with Crippen LogP contribution in [0.15, 0.2) is 0 Å². The molecule has 0 aliphatic carbocycles. The first-order chi connectivity index (χ1) is 8.26. The second kappa shape index (κ2) is 18.6. The molecule has 0 aliphatic heterocycles. The third-order valence-electron chi connectivity index (χ3n) is 2.54. The standard InChI is InChI=1S/C12H27P.C2H2ClN/c1-4-7-10-13(11-8-5-2)12-9-6-3;3-1-2-4/h4-12H2,1-3H3;1H2. The van der Waals surface area contributed by atoms with Gasteiger partial charge in [0.15, 0.2) is 0 Å². The Morgan fingerprint density at radius 3 is 1.35 bits per heavy atom. The molecular formula is C14H29ClNP. The first-order valence-electron chi connectivity index (χ1n) is 6.91. The Hall–Kier alpha value is 0.210. The molecule has 0 aromatic rings. The molecule has 0 fully saturated rings. The average Bonchev–Trinajstić information content (AvgIpc) is 2.38. The van der Waals surface area contributed by atoms with Gasteiger partial charge in [0.1, 0.15) is 5.88 Å². The largest absolute Gasteiger partial charge is 0.197 e. The van der Waals surface area contributed by atoms with Gasteiger partial charge in [-0.1, -0.05) is 40.0 Å². The van der Waals surface area contributed by atoms with Crippen LogP contribution in [0.5, 0.6) is 0 Å². The summed E-state index contributed by atoms with van der Waals surface area (Å²) in [5, 5.41) is 7.49. The van der Waals surface area contributed by atoms with Crippen LogP contribution < -0.4 is 0 Å². The van der Waals surface area contributed by atoms with Crippen LogP contribution in [0, 0.1) is 11.3 Å². The lowest BCUT2D eigenvalue weighted by molar-refractivity contribution is 0.847. The highest BCUT2D eigenvalue weighted by Gasteiger charge is 2.05. The average molecular weight is 278 g/mol. The molecule has 0 heterocycles. The summed E-state index contributed by atoms with van der Waals surface area (Å²) < 4.78 is 0. The minimum Gasteiger partial charge on any atom is -0.197 e. The molecule has 1 nitrogen and oxygen atoms in total. The first kappa shape index (κ1) is 19.5. The van der Waals surface area contributed by atoms with Crippen molar-refractivity contribution in [2.24, 2.45) is 0 Å². The van der Waals surface area contributed by atoms with Crippen molar-refractivity contribution in [1.82, 2.24) is 0 Å². The molecule has 0 amide bonds. The zero-order valence-electron chi connectivity index (χ0n) is 11.8. The fourth-order valence-electron chi connectivity index (χ4n) is 1.48. The number of hydrogen-bond acceptors (Lipinski definition) is 1. The summed E-state index contributed by atoms with van der Waals surface area (Å²) in [6.07, 6.45) is 13.2. The molecular weight excluding hydrogens is 249 g/mol. The van der Waals surface area contributed by atoms with Crippen molar-refractivity contribution in [3.8, 4) is 6.07 Å². The second-order valence-electron chi connectivity index (χ2n) is 4.19. The van der Waals surface area contributed by atoms with Crippen LogP contribution in [0.1, 0.15) is 59.3 Å². The first-order valence-corrected chi connectivity index (χ1v) is 9.35. The van der Waals surface area contributed by atoms with Gasteiger partial charge in [-0.2, -0.15) is 5.26 Å². The quantitative estimate of drug-likeness (QED) is 0.396. The van der Waals surface area contributed by atoms with Crippen LogP contribution in [0.3, 0.4) is 0 Å². The van der Waals surface area contributed by atoms with Crippen molar-refractivity contribution in [3.05, 3.63) is 0 Å². The smallest absolute Gasteiger partial charge is 0.109 e. The van der Waals surface area contributed by atoms with Crippen LogP contribution in [-0.2, 0) is 0 Å². The summed E-state index contributed by atoms with van der Waals surface area (Å²) in [5.74, 6) is 0.0972. The highest BCUT2D eigenvalue weighted by atomic mass is 35.5. The van der Waals surface area contributed by atoms with Gasteiger partial charge in [0.05, 0.1) is 6.07 Å². The van der Waals surface area contributed by atoms with E-state index in [2.05, 4.69) is 20.8 Å². The van der Waals surface area contributed by atoms with E-state index in [1.807, 2.05) is 0 Å². The Morgan fingerprint density at radius 2 is 1.18 bits per heavy atom. The van der Waals surface area contributed by atoms with E-state index in [-0.39, 0.29) is 5.88 Å². The third kappa shape index (κ3) is 18.8. The van der Waals surface area contributed by atoms with Crippen molar-refractivity contribution >= 4 is 19.5 Å². The number of nitrogens with zero attached hydrogens (tertiary/aromatic N) is 1. The van der Waals surface area contributed by atoms with Gasteiger partial charge in [-0.15, -0.1) is 19.5 Å². The van der Waals surface area contributed by atoms with Gasteiger partial charge in [-0.3, -0.25) is 0 Å². The van der Waals surface area contributed by atoms with Gasteiger partial charge < -0.3 is 0 Å². The summed E-state index contributed by atoms with van der Waals surface area (Å²) in [6, 6.07) is 1.70. The Kier molecular flexibility index (Phi) is 21.4. The van der Waals surface area contributed by atoms with Gasteiger partial charge in [-0.05, 0) is 37.7 Å². The highest BCUT2D eigenvalue weighted by Crippen LogP contribution is 2.38. The molecule has 0 radical (unpaired) electrons. The summed E-state index contributed by atoms with van der Waals surface area (Å²) in [4.78, 5) is 0. The Morgan fingerprint density at radius 1 is 0.882 bits per heavy atom. The Labute approximate surface area is 115 Å². The van der Waals surface area contributed by atoms with Gasteiger partial charge in [0.2, 0.25) is 0 Å². The van der Waals surface area contributed by atoms with Gasteiger partial charge in [0, 0.05) is 0 Å². The molecule has 0 aromatic carbocycles. The van der Waals surface area contributed by atoms with E-state index in [1.54, 1.807) is 24.6 Å². The second-order valence-corrected chi connectivity index (χ2v) is 7.14. The molecule has 0 saturated carbocycles. The summed E-state index contributed by atoms with van der Waals surface area (Å²) >= 11 is 4.82. The normalized spacial score (nSPS) is 9.65. The SMILES string of the molecule is CCCCP(CCCC)CCCC.N#CCCl. The monoisotopic (exact) mass is 277 g/mol. The molecule has 0 bridgehead atoms. The van der Waals surface area contributed by atoms with Crippen molar-refractivity contribution < 1.29 is 0 Å². The van der Waals surface area contributed by atoms with E-state index in [0.29, 0.717) is 7.92 Å². The third-order valence-corrected chi connectivity index (χ3v) is 5.51. The molecule has 0 aliphatic rings. The number of rotatable bonds is 9. The summed E-state index contributed by atoms with van der Waals surface area (Å²) in [6.45, 7) is 6.94. The maximum Gasteiger partial charge on any atom is 0.109 e. The van der Waals surface area contributed by atoms with Crippen LogP contribution in [0.25, 0.3) is 0 Å². The summed E-state index contributed by atoms with van der Waals surface area (Å²) in [7, 11) is 0.422. The lowest BCUT2D eigenvalue weighted by Gasteiger charge is -2.16. The molecule has 0 rings (SSSR count). The number of unbranched alkanes of at least 4 members (excludes halogenated alkanes) is 3. The van der Waals surface area contributed by atoms with E-state index in [4.69, 9.17) is 16.9 Å². The fraction of sp³-hybridized carbons (Fsp3) is 0.929. The Balaban J connectivity index is 0. The van der Waals surface area contributed by atoms with Gasteiger partial charge in [0.25, 0.3) is 0 Å². The lowest BCUT2D eigenvalue weighted by atomic mass is 10.4. The Bertz CT molecular complexity index is 149. The molecule has 0 saturated heterocycles. The zero-order valence-corrected chi connectivity index (χ0v) is 13.5. The van der Waals surface area contributed by atoms with Gasteiger partial charge in [-0.25, -0.2) is 0 Å². The van der Waals surface area contributed by atoms with Crippen molar-refractivity contribution in [3.63, 3.8) is 0 Å². The maximum absolute atomic E-state index is 7.49. The number of alkyl halides is 1. The maximum atomic E-state index is 7.49. The van der Waals surface area contributed by atoms with Crippen LogP contribution in [0.2, 0.25) is 0 Å². The van der Waals surface area contributed by atoms with E-state index in [9.17, 15) is 0 Å². The minimum atomic E-state index is 0.0972.